The number of aromatic nitrogens is 7. The van der Waals surface area contributed by atoms with E-state index in [4.69, 9.17) is 11.6 Å². The van der Waals surface area contributed by atoms with Crippen LogP contribution in [-0.4, -0.2) is 75.5 Å². The quantitative estimate of drug-likeness (QED) is 0.146. The summed E-state index contributed by atoms with van der Waals surface area (Å²) < 4.78 is 196. The van der Waals surface area contributed by atoms with Crippen LogP contribution >= 0.6 is 22.9 Å². The smallest absolute Gasteiger partial charge is 0.344 e. The van der Waals surface area contributed by atoms with Crippen LogP contribution in [0.5, 0.6) is 0 Å². The molecular weight excluding hydrogens is 952 g/mol. The van der Waals surface area contributed by atoms with Gasteiger partial charge in [-0.15, -0.1) is 0 Å². The zero-order valence-electron chi connectivity index (χ0n) is 31.4. The predicted molar refractivity (Wildman–Crippen MR) is 202 cm³/mol. The Balaban J connectivity index is 1.37. The van der Waals surface area contributed by atoms with Crippen LogP contribution in [0.25, 0.3) is 26.9 Å². The summed E-state index contributed by atoms with van der Waals surface area (Å²) in [6.45, 7) is -3.31. The van der Waals surface area contributed by atoms with E-state index >= 15 is 8.78 Å². The summed E-state index contributed by atoms with van der Waals surface area (Å²) in [5, 5.41) is 8.41. The van der Waals surface area contributed by atoms with Crippen LogP contribution in [0.3, 0.4) is 0 Å². The van der Waals surface area contributed by atoms with Gasteiger partial charge in [0, 0.05) is 30.2 Å². The average molecular weight is 976 g/mol. The third-order valence-electron chi connectivity index (χ3n) is 9.93. The molecule has 2 N–H and O–H groups in total. The molecule has 8 rings (SSSR count). The van der Waals surface area contributed by atoms with Crippen LogP contribution in [0.2, 0.25) is 5.02 Å². The lowest BCUT2D eigenvalue weighted by molar-refractivity contribution is -0.142. The minimum atomic E-state index is -5.23. The number of benzene rings is 2. The SMILES string of the molecule is CS(=O)(=O)Nc1nn(CC(F)(F)F)c2c(-n3c([C@H](Cc4cc(F)cc(F)c4)NC(=O)Cn4nc(C(F)(F)F)c5c4C(F)(F)[C@@H]4C[C@H]54)nc4nc(S(C)(=O)=O)sc4c3=O)ccc(Cl)c12. The summed E-state index contributed by atoms with van der Waals surface area (Å²) in [6, 6.07) is 1.93. The normalized spacial score (nSPS) is 17.9. The van der Waals surface area contributed by atoms with Crippen LogP contribution in [0.15, 0.2) is 39.5 Å². The first-order valence-electron chi connectivity index (χ1n) is 17.7. The Hall–Kier alpha value is -5.35. The van der Waals surface area contributed by atoms with Crippen LogP contribution in [0, 0.1) is 17.6 Å². The Labute approximate surface area is 354 Å². The molecule has 63 heavy (non-hydrogen) atoms. The lowest BCUT2D eigenvalue weighted by Gasteiger charge is -2.23. The first-order chi connectivity index (χ1) is 29.0. The number of carbonyl (C=O) groups is 1. The third-order valence-corrected chi connectivity index (χ3v) is 13.5. The van der Waals surface area contributed by atoms with E-state index in [1.54, 1.807) is 0 Å². The van der Waals surface area contributed by atoms with Gasteiger partial charge in [-0.1, -0.05) is 22.9 Å². The number of halogens is 11. The van der Waals surface area contributed by atoms with Crippen molar-refractivity contribution >= 4 is 75.8 Å². The molecule has 0 aliphatic heterocycles. The van der Waals surface area contributed by atoms with Gasteiger partial charge in [-0.2, -0.15) is 45.3 Å². The summed E-state index contributed by atoms with van der Waals surface area (Å²) in [6.07, 6.45) is -10.1. The maximum absolute atomic E-state index is 15.4. The monoisotopic (exact) mass is 975 g/mol. The first kappa shape index (κ1) is 44.3. The van der Waals surface area contributed by atoms with Crippen LogP contribution in [0.4, 0.5) is 49.7 Å². The average Bonchev–Trinajstić information content (AvgIpc) is 3.35. The maximum Gasteiger partial charge on any atom is 0.435 e. The number of anilines is 1. The van der Waals surface area contributed by atoms with Gasteiger partial charge in [-0.25, -0.2) is 35.6 Å². The fraction of sp³-hybridized carbons (Fsp3) is 0.353. The van der Waals surface area contributed by atoms with Gasteiger partial charge in [0.2, 0.25) is 30.1 Å². The molecule has 29 heteroatoms. The predicted octanol–water partition coefficient (Wildman–Crippen LogP) is 5.99. The highest BCUT2D eigenvalue weighted by Crippen LogP contribution is 2.68. The summed E-state index contributed by atoms with van der Waals surface area (Å²) >= 11 is 6.67. The van der Waals surface area contributed by atoms with Gasteiger partial charge in [0.05, 0.1) is 33.9 Å². The Morgan fingerprint density at radius 2 is 1.67 bits per heavy atom. The van der Waals surface area contributed by atoms with E-state index in [0.717, 1.165) is 24.3 Å². The number of rotatable bonds is 11. The van der Waals surface area contributed by atoms with Gasteiger partial charge < -0.3 is 5.32 Å². The summed E-state index contributed by atoms with van der Waals surface area (Å²) in [7, 11) is -8.51. The number of amides is 1. The van der Waals surface area contributed by atoms with Crippen molar-refractivity contribution in [2.45, 2.75) is 60.5 Å². The van der Waals surface area contributed by atoms with Crippen LogP contribution in [0.1, 0.15) is 46.7 Å². The van der Waals surface area contributed by atoms with Gasteiger partial charge in [-0.3, -0.25) is 28.2 Å². The molecule has 6 aromatic rings. The fourth-order valence-electron chi connectivity index (χ4n) is 7.61. The zero-order chi connectivity index (χ0) is 46.1. The molecule has 2 aliphatic rings. The summed E-state index contributed by atoms with van der Waals surface area (Å²) in [5.41, 5.74) is -7.24. The molecule has 2 aromatic carbocycles. The Morgan fingerprint density at radius 1 is 1.00 bits per heavy atom. The highest BCUT2D eigenvalue weighted by atomic mass is 35.5. The van der Waals surface area contributed by atoms with Gasteiger partial charge in [0.15, 0.2) is 17.2 Å². The molecular formula is C34H24ClF10N9O6S3. The molecule has 0 spiro atoms. The highest BCUT2D eigenvalue weighted by molar-refractivity contribution is 7.92. The van der Waals surface area contributed by atoms with Gasteiger partial charge in [0.1, 0.15) is 40.9 Å². The lowest BCUT2D eigenvalue weighted by Crippen LogP contribution is -2.38. The second kappa shape index (κ2) is 14.6. The Bertz CT molecular complexity index is 3200. The van der Waals surface area contributed by atoms with Crippen molar-refractivity contribution in [3.05, 3.63) is 85.7 Å². The number of nitrogens with one attached hydrogen (secondary N) is 2. The molecule has 4 heterocycles. The van der Waals surface area contributed by atoms with Crippen molar-refractivity contribution in [3.8, 4) is 5.69 Å². The molecule has 1 saturated carbocycles. The fourth-order valence-corrected chi connectivity index (χ4v) is 10.1. The molecule has 1 amide bonds. The van der Waals surface area contributed by atoms with E-state index in [0.29, 0.717) is 23.1 Å². The molecule has 1 fully saturated rings. The standard InChI is InChI=1S/C34H24ClF10N9O6S3/c1-62(57,58)31-48-28-24(61-31)30(56)54(19-4-3-17(35)22-23(19)53(11-32(38,39)40)50-27(22)51-63(2,59)60)29(47-28)18(7-12-5-13(36)8-14(37)6-12)46-20(55)10-52-26-21(25(49-52)34(43,44)45)15-9-16(15)33(26,41)42/h3-6,8,15-16,18H,7,9-11H2,1-2H3,(H,46,55)(H,50,51)/t15-,16+,18-/m0/s1. The number of carbonyl (C=O) groups excluding carboxylic acids is 1. The van der Waals surface area contributed by atoms with Crippen molar-refractivity contribution < 1.29 is 65.5 Å². The number of nitrogens with zero attached hydrogens (tertiary/aromatic N) is 7. The topological polar surface area (TPSA) is 193 Å². The van der Waals surface area contributed by atoms with Crippen molar-refractivity contribution in [1.29, 1.82) is 0 Å². The number of hydrogen-bond donors (Lipinski definition) is 2. The number of alkyl halides is 8. The van der Waals surface area contributed by atoms with E-state index in [-0.39, 0.29) is 32.7 Å². The second-order valence-corrected chi connectivity index (χ2v) is 20.1. The van der Waals surface area contributed by atoms with E-state index in [1.165, 1.54) is 0 Å². The number of sulfone groups is 1. The molecule has 4 aromatic heterocycles. The molecule has 2 aliphatic carbocycles. The maximum atomic E-state index is 15.4. The molecule has 0 radical (unpaired) electrons. The molecule has 0 saturated heterocycles. The number of thiazole rings is 1. The van der Waals surface area contributed by atoms with E-state index in [1.807, 2.05) is 4.72 Å². The van der Waals surface area contributed by atoms with E-state index < -0.39 is 164 Å². The number of sulfonamides is 1. The first-order valence-corrected chi connectivity index (χ1v) is 22.7. The largest absolute Gasteiger partial charge is 0.435 e. The minimum Gasteiger partial charge on any atom is -0.344 e. The molecule has 336 valence electrons. The van der Waals surface area contributed by atoms with Crippen molar-refractivity contribution in [2.24, 2.45) is 5.92 Å². The Kier molecular flexibility index (Phi) is 10.3. The minimum absolute atomic E-state index is 0.149. The highest BCUT2D eigenvalue weighted by Gasteiger charge is 2.68. The van der Waals surface area contributed by atoms with Gasteiger partial charge in [0.25, 0.3) is 11.5 Å². The van der Waals surface area contributed by atoms with Crippen LogP contribution < -0.4 is 15.6 Å². The molecule has 3 atom stereocenters. The van der Waals surface area contributed by atoms with Crippen molar-refractivity contribution in [1.82, 2.24) is 39.4 Å². The van der Waals surface area contributed by atoms with E-state index in [2.05, 4.69) is 25.5 Å². The molecule has 0 bridgehead atoms. The van der Waals surface area contributed by atoms with Gasteiger partial charge in [-0.05, 0) is 42.2 Å². The van der Waals surface area contributed by atoms with Crippen molar-refractivity contribution in [3.63, 3.8) is 0 Å². The number of hydrogen-bond acceptors (Lipinski definition) is 11. The Morgan fingerprint density at radius 3 is 2.27 bits per heavy atom. The lowest BCUT2D eigenvalue weighted by atomic mass is 10.0. The van der Waals surface area contributed by atoms with E-state index in [9.17, 15) is 61.5 Å². The molecule has 0 unspecified atom stereocenters. The zero-order valence-corrected chi connectivity index (χ0v) is 34.6. The summed E-state index contributed by atoms with van der Waals surface area (Å²) in [4.78, 5) is 36.8. The van der Waals surface area contributed by atoms with Gasteiger partial charge >= 0.3 is 12.4 Å². The summed E-state index contributed by atoms with van der Waals surface area (Å²) in [5.74, 6) is -11.9. The van der Waals surface area contributed by atoms with Crippen molar-refractivity contribution in [2.75, 3.05) is 17.2 Å². The molecule has 15 nitrogen and oxygen atoms in total. The van der Waals surface area contributed by atoms with Crippen LogP contribution in [-0.2, 0) is 56.3 Å². The number of fused-ring (bicyclic) bond motifs is 5. The third kappa shape index (κ3) is 8.20. The second-order valence-electron chi connectivity index (χ2n) is 14.7.